The van der Waals surface area contributed by atoms with E-state index in [9.17, 15) is 19.2 Å². The number of methoxy groups -OCH3 is 1. The molecule has 15 nitrogen and oxygen atoms in total. The molecule has 3 aliphatic heterocycles. The summed E-state index contributed by atoms with van der Waals surface area (Å²) in [7, 11) is 1.43. The second kappa shape index (κ2) is 16.4. The van der Waals surface area contributed by atoms with E-state index in [0.717, 1.165) is 26.3 Å². The summed E-state index contributed by atoms with van der Waals surface area (Å²) in [5, 5.41) is 0. The van der Waals surface area contributed by atoms with Crippen molar-refractivity contribution in [2.45, 2.75) is 95.4 Å². The van der Waals surface area contributed by atoms with E-state index in [1.165, 1.54) is 20.1 Å². The summed E-state index contributed by atoms with van der Waals surface area (Å²) in [4.78, 5) is 48.5. The van der Waals surface area contributed by atoms with Crippen LogP contribution in [-0.2, 0) is 71.3 Å². The zero-order chi connectivity index (χ0) is 33.4. The Balaban J connectivity index is 1.75. The molecule has 3 saturated heterocycles. The molecule has 0 N–H and O–H groups in total. The van der Waals surface area contributed by atoms with Crippen LogP contribution in [0.1, 0.15) is 39.5 Å². The Morgan fingerprint density at radius 1 is 0.804 bits per heavy atom. The molecule has 0 amide bonds. The van der Waals surface area contributed by atoms with Crippen LogP contribution in [0.5, 0.6) is 0 Å². The fourth-order valence-electron chi connectivity index (χ4n) is 5.48. The van der Waals surface area contributed by atoms with E-state index in [4.69, 9.17) is 52.1 Å². The van der Waals surface area contributed by atoms with Crippen molar-refractivity contribution < 1.29 is 71.3 Å². The van der Waals surface area contributed by atoms with E-state index >= 15 is 0 Å². The van der Waals surface area contributed by atoms with Crippen LogP contribution in [0.3, 0.4) is 0 Å². The molecule has 3 heterocycles. The summed E-state index contributed by atoms with van der Waals surface area (Å²) < 4.78 is 64.7. The van der Waals surface area contributed by atoms with Crippen molar-refractivity contribution in [1.82, 2.24) is 0 Å². The summed E-state index contributed by atoms with van der Waals surface area (Å²) in [6.07, 6.45) is -10.8. The molecule has 0 bridgehead atoms. The highest BCUT2D eigenvalue weighted by molar-refractivity contribution is 5.68. The van der Waals surface area contributed by atoms with Crippen molar-refractivity contribution in [2.24, 2.45) is 0 Å². The Bertz CT molecular complexity index is 1210. The maximum absolute atomic E-state index is 12.4. The Morgan fingerprint density at radius 2 is 1.46 bits per heavy atom. The fourth-order valence-corrected chi connectivity index (χ4v) is 5.48. The highest BCUT2D eigenvalue weighted by Gasteiger charge is 2.57. The van der Waals surface area contributed by atoms with Gasteiger partial charge in [-0.15, -0.1) is 6.58 Å². The zero-order valence-corrected chi connectivity index (χ0v) is 26.3. The molecule has 0 aromatic heterocycles. The van der Waals surface area contributed by atoms with Crippen molar-refractivity contribution in [3.8, 4) is 0 Å². The highest BCUT2D eigenvalue weighted by Crippen LogP contribution is 2.39. The number of ether oxygens (including phenoxy) is 11. The largest absolute Gasteiger partial charge is 0.463 e. The van der Waals surface area contributed by atoms with Crippen molar-refractivity contribution in [3.63, 3.8) is 0 Å². The second-order valence-corrected chi connectivity index (χ2v) is 10.7. The number of benzene rings is 1. The van der Waals surface area contributed by atoms with Crippen LogP contribution in [-0.4, -0.2) is 112 Å². The molecule has 1 aromatic carbocycles. The van der Waals surface area contributed by atoms with Gasteiger partial charge in [0.15, 0.2) is 37.2 Å². The maximum Gasteiger partial charge on any atom is 0.303 e. The Kier molecular flexibility index (Phi) is 12.6. The van der Waals surface area contributed by atoms with Crippen LogP contribution in [0.15, 0.2) is 43.0 Å². The third kappa shape index (κ3) is 8.88. The lowest BCUT2D eigenvalue weighted by Gasteiger charge is -2.51. The van der Waals surface area contributed by atoms with Crippen molar-refractivity contribution >= 4 is 23.9 Å². The molecule has 0 spiro atoms. The number of esters is 4. The normalized spacial score (nSPS) is 34.0. The van der Waals surface area contributed by atoms with Crippen LogP contribution in [0.2, 0.25) is 0 Å². The first kappa shape index (κ1) is 35.4. The third-order valence-electron chi connectivity index (χ3n) is 7.23. The standard InChI is InChI=1S/C31H40O15/c1-7-13-37-27-25(24-22(43-30(27)36-6)15-39-29(45-24)20-11-9-8-10-12-20)46-31-28(42-19(5)35)26(41-18(4)34)23(40-17(3)33)21(44-31)14-38-16(2)32/h7-12,21-31H,1,13-15H2,2-6H3/t21-,22+,23-,24+,25-,26+,27-,28+,29?,30-,31-/m0/s1. The molecule has 254 valence electrons. The molecule has 0 saturated carbocycles. The lowest BCUT2D eigenvalue weighted by molar-refractivity contribution is -0.393. The number of hydrogen-bond donors (Lipinski definition) is 0. The molecular weight excluding hydrogens is 612 g/mol. The maximum atomic E-state index is 12.4. The molecule has 1 unspecified atom stereocenters. The summed E-state index contributed by atoms with van der Waals surface area (Å²) in [5.41, 5.74) is 0.740. The van der Waals surface area contributed by atoms with Gasteiger partial charge in [-0.2, -0.15) is 0 Å². The van der Waals surface area contributed by atoms with Crippen LogP contribution in [0.4, 0.5) is 0 Å². The van der Waals surface area contributed by atoms with E-state index in [1.807, 2.05) is 30.3 Å². The molecule has 11 atom stereocenters. The molecule has 3 fully saturated rings. The van der Waals surface area contributed by atoms with Gasteiger partial charge in [0.25, 0.3) is 0 Å². The van der Waals surface area contributed by atoms with E-state index in [0.29, 0.717) is 0 Å². The summed E-state index contributed by atoms with van der Waals surface area (Å²) >= 11 is 0. The van der Waals surface area contributed by atoms with Gasteiger partial charge in [-0.25, -0.2) is 0 Å². The lowest BCUT2D eigenvalue weighted by atomic mass is 9.95. The summed E-state index contributed by atoms with van der Waals surface area (Å²) in [5.74, 6) is -2.95. The van der Waals surface area contributed by atoms with Gasteiger partial charge in [0.2, 0.25) is 0 Å². The smallest absolute Gasteiger partial charge is 0.303 e. The minimum atomic E-state index is -1.50. The van der Waals surface area contributed by atoms with Gasteiger partial charge >= 0.3 is 23.9 Å². The predicted octanol–water partition coefficient (Wildman–Crippen LogP) is 1.51. The molecule has 1 aromatic rings. The van der Waals surface area contributed by atoms with E-state index in [2.05, 4.69) is 6.58 Å². The summed E-state index contributed by atoms with van der Waals surface area (Å²) in [6.45, 7) is 8.05. The van der Waals surface area contributed by atoms with E-state index in [-0.39, 0.29) is 13.2 Å². The number of rotatable bonds is 12. The van der Waals surface area contributed by atoms with Crippen LogP contribution in [0.25, 0.3) is 0 Å². The quantitative estimate of drug-likeness (QED) is 0.181. The van der Waals surface area contributed by atoms with E-state index in [1.54, 1.807) is 0 Å². The van der Waals surface area contributed by atoms with Gasteiger partial charge in [0, 0.05) is 40.4 Å². The number of carbonyl (C=O) groups excluding carboxylic acids is 4. The molecule has 4 rings (SSSR count). The Hall–Kier alpha value is -3.44. The third-order valence-corrected chi connectivity index (χ3v) is 7.23. The van der Waals surface area contributed by atoms with Crippen molar-refractivity contribution in [2.75, 3.05) is 26.9 Å². The van der Waals surface area contributed by atoms with Gasteiger partial charge in [-0.3, -0.25) is 19.2 Å². The van der Waals surface area contributed by atoms with Gasteiger partial charge in [-0.1, -0.05) is 36.4 Å². The van der Waals surface area contributed by atoms with Gasteiger partial charge < -0.3 is 52.1 Å². The molecule has 0 aliphatic carbocycles. The van der Waals surface area contributed by atoms with Gasteiger partial charge in [-0.05, 0) is 0 Å². The predicted molar refractivity (Wildman–Crippen MR) is 152 cm³/mol. The Labute approximate surface area is 266 Å². The molecule has 3 aliphatic rings. The zero-order valence-electron chi connectivity index (χ0n) is 26.3. The monoisotopic (exact) mass is 652 g/mol. The lowest BCUT2D eigenvalue weighted by Crippen LogP contribution is -2.67. The first-order chi connectivity index (χ1) is 22.0. The number of fused-ring (bicyclic) bond motifs is 1. The van der Waals surface area contributed by atoms with Crippen LogP contribution >= 0.6 is 0 Å². The van der Waals surface area contributed by atoms with E-state index < -0.39 is 98.2 Å². The molecule has 15 heteroatoms. The first-order valence-electron chi connectivity index (χ1n) is 14.7. The first-order valence-corrected chi connectivity index (χ1v) is 14.7. The fraction of sp³-hybridized carbons (Fsp3) is 0.613. The highest BCUT2D eigenvalue weighted by atomic mass is 16.8. The van der Waals surface area contributed by atoms with Crippen LogP contribution < -0.4 is 0 Å². The SMILES string of the molecule is C=CCO[C@@H]1[C@@H](OC)O[C@@H]2COC(c3ccccc3)O[C@H]2[C@@H]1O[C@@H]1O[C@@H](COC(C)=O)[C@H](OC(C)=O)[C@@H](OC(C)=O)[C@H]1OC(C)=O. The minimum Gasteiger partial charge on any atom is -0.463 e. The molecule has 46 heavy (non-hydrogen) atoms. The molecule has 0 radical (unpaired) electrons. The van der Waals surface area contributed by atoms with Crippen molar-refractivity contribution in [3.05, 3.63) is 48.6 Å². The van der Waals surface area contributed by atoms with Gasteiger partial charge in [0.1, 0.15) is 37.1 Å². The van der Waals surface area contributed by atoms with Crippen molar-refractivity contribution in [1.29, 1.82) is 0 Å². The number of hydrogen-bond acceptors (Lipinski definition) is 15. The average molecular weight is 653 g/mol. The van der Waals surface area contributed by atoms with Gasteiger partial charge in [0.05, 0.1) is 13.2 Å². The number of carbonyl (C=O) groups is 4. The topological polar surface area (TPSA) is 170 Å². The second-order valence-electron chi connectivity index (χ2n) is 10.7. The van der Waals surface area contributed by atoms with Crippen LogP contribution in [0, 0.1) is 0 Å². The summed E-state index contributed by atoms with van der Waals surface area (Å²) in [6, 6.07) is 9.22. The average Bonchev–Trinajstić information content (AvgIpc) is 3.01. The Morgan fingerprint density at radius 3 is 2.07 bits per heavy atom. The minimum absolute atomic E-state index is 0.0717. The molecular formula is C31H40O15.